The maximum absolute atomic E-state index is 13.6. The van der Waals surface area contributed by atoms with Gasteiger partial charge in [0.2, 0.25) is 15.9 Å². The number of aliphatic hydroxyl groups is 1. The Morgan fingerprint density at radius 2 is 2.00 bits per heavy atom. The van der Waals surface area contributed by atoms with Crippen LogP contribution in [0, 0.1) is 17.8 Å². The van der Waals surface area contributed by atoms with Crippen LogP contribution in [0.3, 0.4) is 0 Å². The number of amides is 1. The van der Waals surface area contributed by atoms with Crippen molar-refractivity contribution in [2.24, 2.45) is 5.92 Å². The molecule has 0 aliphatic carbocycles. The van der Waals surface area contributed by atoms with Crippen LogP contribution in [0.4, 0.5) is 0 Å². The molecule has 0 unspecified atom stereocenters. The summed E-state index contributed by atoms with van der Waals surface area (Å²) in [5.74, 6) is 6.55. The Labute approximate surface area is 207 Å². The number of hydrogen-bond acceptors (Lipinski definition) is 6. The van der Waals surface area contributed by atoms with E-state index < -0.39 is 22.2 Å². The number of carbonyl (C=O) groups excluding carboxylic acids is 1. The molecule has 2 aromatic rings. The molecular weight excluding hydrogens is 468 g/mol. The molecule has 0 fully saturated rings. The molecule has 0 saturated heterocycles. The van der Waals surface area contributed by atoms with Crippen molar-refractivity contribution in [1.29, 1.82) is 0 Å². The number of aliphatic hydroxyl groups excluding tert-OH is 1. The number of hydrogen-bond donors (Lipinski definition) is 1. The van der Waals surface area contributed by atoms with Crippen LogP contribution in [-0.4, -0.2) is 74.6 Å². The second-order valence-electron chi connectivity index (χ2n) is 8.75. The van der Waals surface area contributed by atoms with E-state index in [1.165, 1.54) is 17.3 Å². The molecule has 8 nitrogen and oxygen atoms in total. The summed E-state index contributed by atoms with van der Waals surface area (Å²) in [6.45, 7) is 5.13. The number of ether oxygens (including phenoxy) is 2. The highest BCUT2D eigenvalue weighted by atomic mass is 32.2. The monoisotopic (exact) mass is 500 g/mol. The van der Waals surface area contributed by atoms with E-state index in [2.05, 4.69) is 11.8 Å². The predicted octanol–water partition coefficient (Wildman–Crippen LogP) is 2.34. The molecule has 0 spiro atoms. The zero-order valence-electron chi connectivity index (χ0n) is 20.7. The molecule has 1 heterocycles. The lowest BCUT2D eigenvalue weighted by Gasteiger charge is -2.37. The number of carbonyl (C=O) groups is 1. The largest absolute Gasteiger partial charge is 0.495 e. The van der Waals surface area contributed by atoms with Crippen molar-refractivity contribution in [2.75, 3.05) is 33.9 Å². The van der Waals surface area contributed by atoms with E-state index in [9.17, 15) is 18.3 Å². The predicted molar refractivity (Wildman–Crippen MR) is 133 cm³/mol. The Morgan fingerprint density at radius 1 is 1.29 bits per heavy atom. The van der Waals surface area contributed by atoms with Gasteiger partial charge in [-0.1, -0.05) is 30.9 Å². The van der Waals surface area contributed by atoms with Gasteiger partial charge in [0, 0.05) is 38.0 Å². The van der Waals surface area contributed by atoms with Gasteiger partial charge in [-0.3, -0.25) is 4.79 Å². The first-order valence-corrected chi connectivity index (χ1v) is 12.8. The maximum atomic E-state index is 13.6. The molecule has 3 rings (SSSR count). The van der Waals surface area contributed by atoms with Crippen molar-refractivity contribution in [3.05, 3.63) is 53.6 Å². The Hall–Kier alpha value is -3.06. The average molecular weight is 501 g/mol. The van der Waals surface area contributed by atoms with Crippen LogP contribution in [0.2, 0.25) is 0 Å². The Kier molecular flexibility index (Phi) is 8.43. The summed E-state index contributed by atoms with van der Waals surface area (Å²) in [7, 11) is -0.699. The van der Waals surface area contributed by atoms with E-state index in [0.717, 1.165) is 0 Å². The van der Waals surface area contributed by atoms with Gasteiger partial charge >= 0.3 is 0 Å². The van der Waals surface area contributed by atoms with Gasteiger partial charge in [0.15, 0.2) is 0 Å². The van der Waals surface area contributed by atoms with Crippen molar-refractivity contribution >= 4 is 15.9 Å². The topological polar surface area (TPSA) is 96.4 Å². The van der Waals surface area contributed by atoms with E-state index in [1.807, 2.05) is 31.2 Å². The number of likely N-dealkylation sites (N-methyl/N-ethyl adjacent to an activating group) is 1. The van der Waals surface area contributed by atoms with Crippen molar-refractivity contribution in [3.8, 4) is 23.3 Å². The number of methoxy groups -OCH3 is 1. The summed E-state index contributed by atoms with van der Waals surface area (Å²) in [4.78, 5) is 13.4. The van der Waals surface area contributed by atoms with Crippen LogP contribution < -0.4 is 9.47 Å². The van der Waals surface area contributed by atoms with Crippen molar-refractivity contribution in [3.63, 3.8) is 0 Å². The number of sulfonamides is 1. The molecule has 0 aromatic heterocycles. The van der Waals surface area contributed by atoms with Gasteiger partial charge in [-0.15, -0.1) is 0 Å². The minimum absolute atomic E-state index is 0.00280. The summed E-state index contributed by atoms with van der Waals surface area (Å²) in [5, 5.41) is 9.75. The second-order valence-corrected chi connectivity index (χ2v) is 10.6. The molecule has 0 bridgehead atoms. The molecule has 2 aromatic carbocycles. The van der Waals surface area contributed by atoms with Gasteiger partial charge in [-0.25, -0.2) is 8.42 Å². The van der Waals surface area contributed by atoms with E-state index in [0.29, 0.717) is 16.9 Å². The fourth-order valence-corrected chi connectivity index (χ4v) is 5.63. The fraction of sp³-hybridized carbons (Fsp3) is 0.423. The highest BCUT2D eigenvalue weighted by molar-refractivity contribution is 7.89. The van der Waals surface area contributed by atoms with Gasteiger partial charge in [-0.05, 0) is 37.3 Å². The lowest BCUT2D eigenvalue weighted by Crippen LogP contribution is -2.50. The van der Waals surface area contributed by atoms with Gasteiger partial charge in [0.25, 0.3) is 0 Å². The number of para-hydroxylation sites is 1. The Bertz CT molecular complexity index is 1230. The van der Waals surface area contributed by atoms with E-state index in [-0.39, 0.29) is 42.2 Å². The summed E-state index contributed by atoms with van der Waals surface area (Å²) in [6.07, 6.45) is -0.469. The highest BCUT2D eigenvalue weighted by Crippen LogP contribution is 2.34. The van der Waals surface area contributed by atoms with E-state index >= 15 is 0 Å². The van der Waals surface area contributed by atoms with Crippen molar-refractivity contribution < 1.29 is 27.8 Å². The third-order valence-corrected chi connectivity index (χ3v) is 8.13. The summed E-state index contributed by atoms with van der Waals surface area (Å²) in [5.41, 5.74) is 1.27. The molecule has 3 atom stereocenters. The molecular formula is C26H32N2O6S. The number of fused-ring (bicyclic) bond motifs is 1. The minimum atomic E-state index is -3.95. The number of rotatable bonds is 5. The standard InChI is InChI=1S/C26H32N2O6S/c1-18-15-28(19(2)17-29)35(31,32)26-13-11-21(10-12-22-8-6-7-9-23(22)33-5)14-24(26)34-25(18)16-27(4)20(3)30/h6-9,11,13-14,18-19,25,29H,15-17H2,1-5H3/t18-,19-,25-/m1/s1. The average Bonchev–Trinajstić information content (AvgIpc) is 2.84. The van der Waals surface area contributed by atoms with Crippen LogP contribution in [0.5, 0.6) is 11.5 Å². The fourth-order valence-electron chi connectivity index (χ4n) is 3.81. The maximum Gasteiger partial charge on any atom is 0.247 e. The second kappa shape index (κ2) is 11.1. The number of nitrogens with zero attached hydrogens (tertiary/aromatic N) is 2. The van der Waals surface area contributed by atoms with E-state index in [1.54, 1.807) is 38.1 Å². The normalized spacial score (nSPS) is 20.2. The lowest BCUT2D eigenvalue weighted by atomic mass is 10.0. The van der Waals surface area contributed by atoms with Crippen molar-refractivity contribution in [2.45, 2.75) is 37.8 Å². The molecule has 35 heavy (non-hydrogen) atoms. The number of benzene rings is 2. The quantitative estimate of drug-likeness (QED) is 0.633. The summed E-state index contributed by atoms with van der Waals surface area (Å²) in [6, 6.07) is 11.5. The molecule has 188 valence electrons. The highest BCUT2D eigenvalue weighted by Gasteiger charge is 2.38. The molecule has 0 radical (unpaired) electrons. The smallest absolute Gasteiger partial charge is 0.247 e. The third kappa shape index (κ3) is 5.96. The zero-order chi connectivity index (χ0) is 25.8. The van der Waals surface area contributed by atoms with Gasteiger partial charge in [0.05, 0.1) is 25.8 Å². The van der Waals surface area contributed by atoms with Crippen LogP contribution in [0.15, 0.2) is 47.4 Å². The first-order chi connectivity index (χ1) is 16.6. The summed E-state index contributed by atoms with van der Waals surface area (Å²) >= 11 is 0. The molecule has 0 saturated carbocycles. The van der Waals surface area contributed by atoms with Gasteiger partial charge < -0.3 is 19.5 Å². The van der Waals surface area contributed by atoms with Crippen LogP contribution in [0.25, 0.3) is 0 Å². The molecule has 1 N–H and O–H groups in total. The van der Waals surface area contributed by atoms with E-state index in [4.69, 9.17) is 9.47 Å². The summed E-state index contributed by atoms with van der Waals surface area (Å²) < 4.78 is 40.0. The van der Waals surface area contributed by atoms with Crippen LogP contribution in [0.1, 0.15) is 31.9 Å². The van der Waals surface area contributed by atoms with Crippen LogP contribution in [-0.2, 0) is 14.8 Å². The molecule has 1 aliphatic rings. The molecule has 1 amide bonds. The van der Waals surface area contributed by atoms with Gasteiger partial charge in [-0.2, -0.15) is 4.31 Å². The molecule has 9 heteroatoms. The zero-order valence-corrected chi connectivity index (χ0v) is 21.5. The molecule has 1 aliphatic heterocycles. The van der Waals surface area contributed by atoms with Gasteiger partial charge in [0.1, 0.15) is 22.5 Å². The minimum Gasteiger partial charge on any atom is -0.495 e. The Balaban J connectivity index is 2.09. The first kappa shape index (κ1) is 26.5. The Morgan fingerprint density at radius 3 is 2.66 bits per heavy atom. The van der Waals surface area contributed by atoms with Crippen molar-refractivity contribution in [1.82, 2.24) is 9.21 Å². The lowest BCUT2D eigenvalue weighted by molar-refractivity contribution is -0.129. The first-order valence-electron chi connectivity index (χ1n) is 11.4. The van der Waals surface area contributed by atoms with Crippen LogP contribution >= 0.6 is 0 Å². The SMILES string of the molecule is COc1ccccc1C#Cc1ccc2c(c1)O[C@H](CN(C)C(C)=O)[C@H](C)CN([C@H](C)CO)S2(=O)=O. The third-order valence-electron chi connectivity index (χ3n) is 6.11.